The van der Waals surface area contributed by atoms with Crippen molar-refractivity contribution in [2.75, 3.05) is 5.75 Å². The third kappa shape index (κ3) is 9.17. The molecule has 0 radical (unpaired) electrons. The van der Waals surface area contributed by atoms with E-state index in [1.165, 1.54) is 6.42 Å². The van der Waals surface area contributed by atoms with E-state index < -0.39 is 6.04 Å². The van der Waals surface area contributed by atoms with E-state index in [1.54, 1.807) is 34.9 Å². The zero-order valence-electron chi connectivity index (χ0n) is 22.5. The predicted molar refractivity (Wildman–Crippen MR) is 167 cm³/mol. The van der Waals surface area contributed by atoms with Gasteiger partial charge in [0.25, 0.3) is 0 Å². The molecule has 4 rings (SSSR count). The highest BCUT2D eigenvalue weighted by Gasteiger charge is 2.32. The van der Waals surface area contributed by atoms with Gasteiger partial charge >= 0.3 is 0 Å². The zero-order valence-corrected chi connectivity index (χ0v) is 25.5. The molecule has 0 bridgehead atoms. The molecule has 4 nitrogen and oxygen atoms in total. The van der Waals surface area contributed by atoms with E-state index in [-0.39, 0.29) is 24.4 Å². The third-order valence-corrected chi connectivity index (χ3v) is 9.29. The van der Waals surface area contributed by atoms with Gasteiger partial charge in [-0.15, -0.1) is 11.8 Å². The second-order valence-corrected chi connectivity index (χ2v) is 12.6. The number of benzene rings is 3. The van der Waals surface area contributed by atoms with Crippen LogP contribution < -0.4 is 5.32 Å². The quantitative estimate of drug-likeness (QED) is 0.164. The lowest BCUT2D eigenvalue weighted by Crippen LogP contribution is -2.52. The fraction of sp³-hybridized carbons (Fsp3) is 0.375. The molecule has 0 aliphatic heterocycles. The number of carbonyl (C=O) groups is 2. The van der Waals surface area contributed by atoms with E-state index in [2.05, 4.69) is 5.32 Å². The van der Waals surface area contributed by atoms with Crippen molar-refractivity contribution in [2.45, 2.75) is 74.9 Å². The van der Waals surface area contributed by atoms with Crippen LogP contribution in [0.2, 0.25) is 15.1 Å². The molecular weight excluding hydrogens is 583 g/mol. The van der Waals surface area contributed by atoms with Gasteiger partial charge in [-0.1, -0.05) is 90.5 Å². The van der Waals surface area contributed by atoms with Gasteiger partial charge in [0, 0.05) is 51.0 Å². The molecule has 3 aromatic rings. The van der Waals surface area contributed by atoms with E-state index >= 15 is 0 Å². The number of thioether (sulfide) groups is 1. The summed E-state index contributed by atoms with van der Waals surface area (Å²) in [6.45, 7) is 0.164. The normalized spacial score (nSPS) is 14.5. The van der Waals surface area contributed by atoms with Crippen molar-refractivity contribution in [2.24, 2.45) is 0 Å². The highest BCUT2D eigenvalue weighted by Crippen LogP contribution is 2.28. The Morgan fingerprint density at radius 2 is 1.55 bits per heavy atom. The lowest BCUT2D eigenvalue weighted by Gasteiger charge is -2.34. The van der Waals surface area contributed by atoms with Gasteiger partial charge in [-0.25, -0.2) is 0 Å². The summed E-state index contributed by atoms with van der Waals surface area (Å²) in [5.74, 6) is 0.557. The first-order valence-corrected chi connectivity index (χ1v) is 16.0. The van der Waals surface area contributed by atoms with Gasteiger partial charge in [-0.3, -0.25) is 9.59 Å². The first-order valence-electron chi connectivity index (χ1n) is 13.9. The third-order valence-electron chi connectivity index (χ3n) is 7.23. The molecule has 1 aliphatic carbocycles. The van der Waals surface area contributed by atoms with Crippen LogP contribution in [-0.4, -0.2) is 34.6 Å². The number of rotatable bonds is 12. The Bertz CT molecular complexity index is 1230. The van der Waals surface area contributed by atoms with Crippen LogP contribution >= 0.6 is 46.6 Å². The van der Waals surface area contributed by atoms with E-state index in [4.69, 9.17) is 34.8 Å². The summed E-state index contributed by atoms with van der Waals surface area (Å²) >= 11 is 20.8. The summed E-state index contributed by atoms with van der Waals surface area (Å²) in [5, 5.41) is 4.93. The van der Waals surface area contributed by atoms with Crippen molar-refractivity contribution < 1.29 is 9.59 Å². The second-order valence-electron chi connectivity index (χ2n) is 10.2. The summed E-state index contributed by atoms with van der Waals surface area (Å²) in [5.41, 5.74) is 1.64. The topological polar surface area (TPSA) is 49.4 Å². The van der Waals surface area contributed by atoms with E-state index in [0.717, 1.165) is 41.9 Å². The molecule has 3 aromatic carbocycles. The maximum absolute atomic E-state index is 13.9. The van der Waals surface area contributed by atoms with Gasteiger partial charge in [-0.2, -0.15) is 0 Å². The van der Waals surface area contributed by atoms with Gasteiger partial charge in [0.2, 0.25) is 11.8 Å². The summed E-state index contributed by atoms with van der Waals surface area (Å²) in [6, 6.07) is 22.3. The average molecular weight is 618 g/mol. The molecular formula is C32H35Cl3N2O2S. The standard InChI is InChI=1S/C32H35Cl3N2O2S/c33-24-16-18-26(19-17-24)40-20-8-15-31(38)37(22-27-28(34)13-7-14-29(27)35)30(21-23-9-3-1-4-10-23)32(39)36-25-11-5-2-6-12-25/h1,3-4,7,9-10,13-14,16-19,25,30H,2,5-6,8,11-12,15,20-22H2,(H,36,39). The van der Waals surface area contributed by atoms with Gasteiger partial charge in [0.15, 0.2) is 0 Å². The molecule has 8 heteroatoms. The van der Waals surface area contributed by atoms with E-state index in [0.29, 0.717) is 39.9 Å². The Balaban J connectivity index is 1.55. The van der Waals surface area contributed by atoms with Crippen LogP contribution in [0.15, 0.2) is 77.7 Å². The number of hydrogen-bond acceptors (Lipinski definition) is 3. The molecule has 0 saturated heterocycles. The molecule has 2 amide bonds. The van der Waals surface area contributed by atoms with Crippen LogP contribution in [0.3, 0.4) is 0 Å². The summed E-state index contributed by atoms with van der Waals surface area (Å²) in [7, 11) is 0. The second kappa shape index (κ2) is 15.7. The maximum Gasteiger partial charge on any atom is 0.243 e. The number of amides is 2. The highest BCUT2D eigenvalue weighted by molar-refractivity contribution is 7.99. The van der Waals surface area contributed by atoms with Gasteiger partial charge in [0.1, 0.15) is 6.04 Å². The van der Waals surface area contributed by atoms with E-state index in [9.17, 15) is 9.59 Å². The van der Waals surface area contributed by atoms with Crippen molar-refractivity contribution in [3.63, 3.8) is 0 Å². The van der Waals surface area contributed by atoms with Crippen LogP contribution in [0, 0.1) is 0 Å². The fourth-order valence-electron chi connectivity index (χ4n) is 5.04. The largest absolute Gasteiger partial charge is 0.352 e. The molecule has 1 aliphatic rings. The molecule has 40 heavy (non-hydrogen) atoms. The Labute approximate surface area is 256 Å². The predicted octanol–water partition coefficient (Wildman–Crippen LogP) is 8.61. The number of hydrogen-bond donors (Lipinski definition) is 1. The van der Waals surface area contributed by atoms with Crippen molar-refractivity contribution in [1.82, 2.24) is 10.2 Å². The van der Waals surface area contributed by atoms with Gasteiger partial charge < -0.3 is 10.2 Å². The number of nitrogens with one attached hydrogen (secondary N) is 1. The number of carbonyl (C=O) groups excluding carboxylic acids is 2. The van der Waals surface area contributed by atoms with Crippen LogP contribution in [0.25, 0.3) is 0 Å². The molecule has 1 fully saturated rings. The average Bonchev–Trinajstić information content (AvgIpc) is 2.96. The molecule has 0 spiro atoms. The lowest BCUT2D eigenvalue weighted by atomic mass is 9.94. The first-order chi connectivity index (χ1) is 19.4. The first kappa shape index (κ1) is 30.8. The Morgan fingerprint density at radius 3 is 2.23 bits per heavy atom. The summed E-state index contributed by atoms with van der Waals surface area (Å²) in [6.07, 6.45) is 6.74. The fourth-order valence-corrected chi connectivity index (χ4v) is 6.54. The molecule has 1 N–H and O–H groups in total. The van der Waals surface area contributed by atoms with Crippen LogP contribution in [0.4, 0.5) is 0 Å². The smallest absolute Gasteiger partial charge is 0.243 e. The molecule has 1 unspecified atom stereocenters. The Kier molecular flexibility index (Phi) is 12.1. The van der Waals surface area contributed by atoms with Crippen LogP contribution in [0.1, 0.15) is 56.1 Å². The molecule has 0 heterocycles. The Morgan fingerprint density at radius 1 is 0.875 bits per heavy atom. The van der Waals surface area contributed by atoms with Crippen molar-refractivity contribution in [3.8, 4) is 0 Å². The van der Waals surface area contributed by atoms with Crippen molar-refractivity contribution in [1.29, 1.82) is 0 Å². The highest BCUT2D eigenvalue weighted by atomic mass is 35.5. The summed E-state index contributed by atoms with van der Waals surface area (Å²) < 4.78 is 0. The van der Waals surface area contributed by atoms with Crippen molar-refractivity contribution in [3.05, 3.63) is 99.0 Å². The summed E-state index contributed by atoms with van der Waals surface area (Å²) in [4.78, 5) is 30.6. The number of halogens is 3. The minimum atomic E-state index is -0.687. The van der Waals surface area contributed by atoms with Gasteiger partial charge in [-0.05, 0) is 67.0 Å². The monoisotopic (exact) mass is 616 g/mol. The number of nitrogens with zero attached hydrogens (tertiary/aromatic N) is 1. The van der Waals surface area contributed by atoms with Crippen LogP contribution in [0.5, 0.6) is 0 Å². The Hall–Kier alpha value is -2.18. The van der Waals surface area contributed by atoms with E-state index in [1.807, 2.05) is 54.6 Å². The van der Waals surface area contributed by atoms with Crippen LogP contribution in [-0.2, 0) is 22.6 Å². The molecule has 212 valence electrons. The molecule has 1 atom stereocenters. The molecule has 0 aromatic heterocycles. The minimum Gasteiger partial charge on any atom is -0.352 e. The van der Waals surface area contributed by atoms with Gasteiger partial charge in [0.05, 0.1) is 0 Å². The molecule has 1 saturated carbocycles. The minimum absolute atomic E-state index is 0.0904. The van der Waals surface area contributed by atoms with Crippen molar-refractivity contribution >= 4 is 58.4 Å². The SMILES string of the molecule is O=C(NC1CCCCC1)C(Cc1ccccc1)N(Cc1c(Cl)cccc1Cl)C(=O)CCCSc1ccc(Cl)cc1. The maximum atomic E-state index is 13.9. The lowest BCUT2D eigenvalue weighted by molar-refractivity contribution is -0.141. The zero-order chi connectivity index (χ0) is 28.3.